The Labute approximate surface area is 184 Å². The summed E-state index contributed by atoms with van der Waals surface area (Å²) in [5.41, 5.74) is 4.78. The number of ether oxygens (including phenoxy) is 1. The van der Waals surface area contributed by atoms with Crippen LogP contribution in [0.25, 0.3) is 11.3 Å². The van der Waals surface area contributed by atoms with Crippen LogP contribution in [-0.4, -0.2) is 22.1 Å². The highest BCUT2D eigenvalue weighted by molar-refractivity contribution is 5.94. The SMILES string of the molecule is O=C(N/N=C/c1ccccc1COc1ccccc1)c1cc(-c2ccccc2)nc(=O)[nH]1. The van der Waals surface area contributed by atoms with Gasteiger partial charge in [-0.25, -0.2) is 10.2 Å². The van der Waals surface area contributed by atoms with E-state index in [1.807, 2.05) is 84.9 Å². The first-order chi connectivity index (χ1) is 15.7. The molecular weight excluding hydrogens is 404 g/mol. The summed E-state index contributed by atoms with van der Waals surface area (Å²) in [5, 5.41) is 4.04. The van der Waals surface area contributed by atoms with Crippen LogP contribution in [0.15, 0.2) is 101 Å². The first-order valence-corrected chi connectivity index (χ1v) is 9.95. The predicted molar refractivity (Wildman–Crippen MR) is 123 cm³/mol. The van der Waals surface area contributed by atoms with E-state index in [1.54, 1.807) is 6.21 Å². The van der Waals surface area contributed by atoms with Crippen LogP contribution in [0.5, 0.6) is 5.75 Å². The third-order valence-corrected chi connectivity index (χ3v) is 4.62. The van der Waals surface area contributed by atoms with Crippen molar-refractivity contribution >= 4 is 12.1 Å². The number of hydrogen-bond acceptors (Lipinski definition) is 5. The Morgan fingerprint density at radius 3 is 2.44 bits per heavy atom. The van der Waals surface area contributed by atoms with Gasteiger partial charge < -0.3 is 9.72 Å². The van der Waals surface area contributed by atoms with Gasteiger partial charge in [-0.05, 0) is 23.8 Å². The molecule has 4 rings (SSSR count). The van der Waals surface area contributed by atoms with E-state index >= 15 is 0 Å². The number of carbonyl (C=O) groups excluding carboxylic acids is 1. The van der Waals surface area contributed by atoms with Crippen molar-refractivity contribution in [1.29, 1.82) is 0 Å². The molecule has 158 valence electrons. The molecule has 0 atom stereocenters. The Morgan fingerprint density at radius 2 is 1.66 bits per heavy atom. The quantitative estimate of drug-likeness (QED) is 0.349. The minimum atomic E-state index is -0.608. The van der Waals surface area contributed by atoms with E-state index in [2.05, 4.69) is 20.5 Å². The average Bonchev–Trinajstić information content (AvgIpc) is 2.84. The molecule has 1 heterocycles. The molecule has 1 amide bonds. The van der Waals surface area contributed by atoms with E-state index in [0.717, 1.165) is 22.4 Å². The Kier molecular flexibility index (Phi) is 6.48. The molecule has 4 aromatic rings. The molecule has 3 aromatic carbocycles. The minimum Gasteiger partial charge on any atom is -0.489 e. The van der Waals surface area contributed by atoms with Crippen LogP contribution in [0.3, 0.4) is 0 Å². The number of carbonyl (C=O) groups is 1. The van der Waals surface area contributed by atoms with E-state index in [0.29, 0.717) is 12.3 Å². The van der Waals surface area contributed by atoms with E-state index in [1.165, 1.54) is 6.07 Å². The Bertz CT molecular complexity index is 1290. The highest BCUT2D eigenvalue weighted by Crippen LogP contribution is 2.15. The van der Waals surface area contributed by atoms with Crippen molar-refractivity contribution < 1.29 is 9.53 Å². The van der Waals surface area contributed by atoms with Gasteiger partial charge >= 0.3 is 5.69 Å². The minimum absolute atomic E-state index is 0.0710. The number of hydrazone groups is 1. The van der Waals surface area contributed by atoms with Crippen molar-refractivity contribution in [3.05, 3.63) is 118 Å². The molecule has 0 aliphatic heterocycles. The summed E-state index contributed by atoms with van der Waals surface area (Å²) in [6.07, 6.45) is 1.54. The van der Waals surface area contributed by atoms with Gasteiger partial charge in [-0.2, -0.15) is 10.1 Å². The summed E-state index contributed by atoms with van der Waals surface area (Å²) in [6.45, 7) is 0.359. The first-order valence-electron chi connectivity index (χ1n) is 9.95. The van der Waals surface area contributed by atoms with Gasteiger partial charge in [-0.15, -0.1) is 0 Å². The number of rotatable bonds is 7. The summed E-state index contributed by atoms with van der Waals surface area (Å²) in [5.74, 6) is 0.222. The molecule has 7 heteroatoms. The first kappa shape index (κ1) is 20.7. The number of aromatic nitrogens is 2. The number of amides is 1. The molecule has 0 unspecified atom stereocenters. The molecule has 0 spiro atoms. The number of hydrogen-bond donors (Lipinski definition) is 2. The molecule has 0 fully saturated rings. The number of nitrogens with one attached hydrogen (secondary N) is 2. The van der Waals surface area contributed by atoms with Gasteiger partial charge in [0.25, 0.3) is 5.91 Å². The lowest BCUT2D eigenvalue weighted by atomic mass is 10.1. The molecule has 0 radical (unpaired) electrons. The lowest BCUT2D eigenvalue weighted by Gasteiger charge is -2.08. The molecule has 32 heavy (non-hydrogen) atoms. The van der Waals surface area contributed by atoms with Crippen LogP contribution in [0.2, 0.25) is 0 Å². The molecule has 0 aliphatic carbocycles. The zero-order chi connectivity index (χ0) is 22.2. The molecule has 0 saturated heterocycles. The van der Waals surface area contributed by atoms with Gasteiger partial charge in [0.2, 0.25) is 0 Å². The fourth-order valence-electron chi connectivity index (χ4n) is 3.03. The van der Waals surface area contributed by atoms with Crippen molar-refractivity contribution in [2.24, 2.45) is 5.10 Å². The topological polar surface area (TPSA) is 96.4 Å². The van der Waals surface area contributed by atoms with Crippen LogP contribution in [-0.2, 0) is 6.61 Å². The zero-order valence-corrected chi connectivity index (χ0v) is 17.1. The summed E-state index contributed by atoms with van der Waals surface area (Å²) in [4.78, 5) is 30.8. The number of nitrogens with zero attached hydrogens (tertiary/aromatic N) is 2. The molecular formula is C25H20N4O3. The van der Waals surface area contributed by atoms with Crippen molar-refractivity contribution in [2.45, 2.75) is 6.61 Å². The maximum absolute atomic E-state index is 12.5. The number of para-hydroxylation sites is 1. The lowest BCUT2D eigenvalue weighted by molar-refractivity contribution is 0.0949. The highest BCUT2D eigenvalue weighted by Gasteiger charge is 2.10. The van der Waals surface area contributed by atoms with E-state index < -0.39 is 11.6 Å². The smallest absolute Gasteiger partial charge is 0.346 e. The zero-order valence-electron chi connectivity index (χ0n) is 17.1. The number of benzene rings is 3. The summed E-state index contributed by atoms with van der Waals surface area (Å²) < 4.78 is 5.80. The maximum atomic E-state index is 12.5. The summed E-state index contributed by atoms with van der Waals surface area (Å²) in [6, 6.07) is 27.8. The Morgan fingerprint density at radius 1 is 0.969 bits per heavy atom. The molecule has 1 aromatic heterocycles. The van der Waals surface area contributed by atoms with Crippen molar-refractivity contribution in [2.75, 3.05) is 0 Å². The van der Waals surface area contributed by atoms with Crippen LogP contribution < -0.4 is 15.9 Å². The molecule has 0 saturated carbocycles. The fourth-order valence-corrected chi connectivity index (χ4v) is 3.03. The standard InChI is InChI=1S/C25H20N4O3/c30-24(23-15-22(27-25(31)28-23)18-9-3-1-4-10-18)29-26-16-19-11-7-8-12-20(19)17-32-21-13-5-2-6-14-21/h1-16H,17H2,(H,29,30)(H,27,28,31)/b26-16+. The Hall–Kier alpha value is -4.52. The van der Waals surface area contributed by atoms with E-state index in [9.17, 15) is 9.59 Å². The van der Waals surface area contributed by atoms with Gasteiger partial charge in [0.1, 0.15) is 18.1 Å². The monoisotopic (exact) mass is 424 g/mol. The second-order valence-corrected chi connectivity index (χ2v) is 6.85. The predicted octanol–water partition coefficient (Wildman–Crippen LogP) is 3.78. The Balaban J connectivity index is 1.45. The van der Waals surface area contributed by atoms with Crippen molar-refractivity contribution in [3.63, 3.8) is 0 Å². The second kappa shape index (κ2) is 9.99. The van der Waals surface area contributed by atoms with Gasteiger partial charge in [-0.1, -0.05) is 72.8 Å². The van der Waals surface area contributed by atoms with Gasteiger partial charge in [0, 0.05) is 11.1 Å². The fraction of sp³-hybridized carbons (Fsp3) is 0.0400. The van der Waals surface area contributed by atoms with E-state index in [4.69, 9.17) is 4.74 Å². The number of H-pyrrole nitrogens is 1. The van der Waals surface area contributed by atoms with Crippen LogP contribution in [0.1, 0.15) is 21.6 Å². The summed E-state index contributed by atoms with van der Waals surface area (Å²) >= 11 is 0. The van der Waals surface area contributed by atoms with Crippen molar-refractivity contribution in [1.82, 2.24) is 15.4 Å². The molecule has 7 nitrogen and oxygen atoms in total. The summed E-state index contributed by atoms with van der Waals surface area (Å²) in [7, 11) is 0. The average molecular weight is 424 g/mol. The van der Waals surface area contributed by atoms with Crippen LogP contribution in [0, 0.1) is 0 Å². The molecule has 0 aliphatic rings. The second-order valence-electron chi connectivity index (χ2n) is 6.85. The third-order valence-electron chi connectivity index (χ3n) is 4.62. The van der Waals surface area contributed by atoms with E-state index in [-0.39, 0.29) is 5.69 Å². The largest absolute Gasteiger partial charge is 0.489 e. The van der Waals surface area contributed by atoms with Crippen molar-refractivity contribution in [3.8, 4) is 17.0 Å². The van der Waals surface area contributed by atoms with Crippen LogP contribution in [0.4, 0.5) is 0 Å². The number of aromatic amines is 1. The lowest BCUT2D eigenvalue weighted by Crippen LogP contribution is -2.24. The van der Waals surface area contributed by atoms with Crippen LogP contribution >= 0.6 is 0 Å². The maximum Gasteiger partial charge on any atom is 0.346 e. The third kappa shape index (κ3) is 5.34. The molecule has 2 N–H and O–H groups in total. The van der Waals surface area contributed by atoms with Gasteiger partial charge in [0.15, 0.2) is 0 Å². The highest BCUT2D eigenvalue weighted by atomic mass is 16.5. The normalized spacial score (nSPS) is 10.8. The molecule has 0 bridgehead atoms. The van der Waals surface area contributed by atoms with Gasteiger partial charge in [0.05, 0.1) is 11.9 Å². The van der Waals surface area contributed by atoms with Gasteiger partial charge in [-0.3, -0.25) is 4.79 Å².